The molecule has 0 atom stereocenters. The molecule has 0 fully saturated rings. The summed E-state index contributed by atoms with van der Waals surface area (Å²) in [7, 11) is 0. The van der Waals surface area contributed by atoms with Gasteiger partial charge in [-0.3, -0.25) is 0 Å². The highest BCUT2D eigenvalue weighted by Crippen LogP contribution is 2.28. The van der Waals surface area contributed by atoms with Crippen LogP contribution in [0.2, 0.25) is 0 Å². The standard InChI is InChI=1S/C15H9NO/c1-2-12-7-6-8-13(11-16)15(12)17-14-9-4-3-5-10-14/h1,3-10H. The molecule has 2 aromatic rings. The average molecular weight is 219 g/mol. The molecule has 0 heterocycles. The molecule has 0 saturated carbocycles. The number of benzene rings is 2. The number of rotatable bonds is 2. The number of nitrogens with zero attached hydrogens (tertiary/aromatic N) is 1. The molecular weight excluding hydrogens is 210 g/mol. The minimum atomic E-state index is 0.434. The third kappa shape index (κ3) is 2.27. The predicted molar refractivity (Wildman–Crippen MR) is 65.6 cm³/mol. The Morgan fingerprint density at radius 3 is 2.29 bits per heavy atom. The van der Waals surface area contributed by atoms with E-state index in [0.717, 1.165) is 0 Å². The van der Waals surface area contributed by atoms with E-state index in [1.807, 2.05) is 30.3 Å². The quantitative estimate of drug-likeness (QED) is 0.726. The number of ether oxygens (including phenoxy) is 1. The van der Waals surface area contributed by atoms with Gasteiger partial charge in [-0.05, 0) is 24.3 Å². The molecule has 2 aromatic carbocycles. The summed E-state index contributed by atoms with van der Waals surface area (Å²) in [6.45, 7) is 0. The highest BCUT2D eigenvalue weighted by Gasteiger charge is 2.08. The van der Waals surface area contributed by atoms with Crippen molar-refractivity contribution in [1.82, 2.24) is 0 Å². The molecular formula is C15H9NO. The maximum atomic E-state index is 9.02. The first-order chi connectivity index (χ1) is 8.35. The molecule has 0 radical (unpaired) electrons. The fraction of sp³-hybridized carbons (Fsp3) is 0. The topological polar surface area (TPSA) is 33.0 Å². The fourth-order valence-electron chi connectivity index (χ4n) is 1.46. The highest BCUT2D eigenvalue weighted by atomic mass is 16.5. The van der Waals surface area contributed by atoms with E-state index >= 15 is 0 Å². The first-order valence-corrected chi connectivity index (χ1v) is 5.08. The van der Waals surface area contributed by atoms with Crippen LogP contribution in [-0.4, -0.2) is 0 Å². The van der Waals surface area contributed by atoms with Gasteiger partial charge in [-0.2, -0.15) is 5.26 Å². The second-order valence-electron chi connectivity index (χ2n) is 3.35. The smallest absolute Gasteiger partial charge is 0.160 e. The second kappa shape index (κ2) is 4.88. The van der Waals surface area contributed by atoms with Crippen LogP contribution in [0.5, 0.6) is 11.5 Å². The molecule has 0 amide bonds. The summed E-state index contributed by atoms with van der Waals surface area (Å²) in [5, 5.41) is 9.02. The average Bonchev–Trinajstić information content (AvgIpc) is 2.40. The molecule has 0 aliphatic rings. The highest BCUT2D eigenvalue weighted by molar-refractivity contribution is 5.55. The Balaban J connectivity index is 2.46. The SMILES string of the molecule is C#Cc1cccc(C#N)c1Oc1ccccc1. The van der Waals surface area contributed by atoms with Crippen molar-refractivity contribution in [3.8, 4) is 29.9 Å². The summed E-state index contributed by atoms with van der Waals surface area (Å²) < 4.78 is 5.66. The normalized spacial score (nSPS) is 9.06. The summed E-state index contributed by atoms with van der Waals surface area (Å²) in [6.07, 6.45) is 5.39. The van der Waals surface area contributed by atoms with Gasteiger partial charge in [0.25, 0.3) is 0 Å². The van der Waals surface area contributed by atoms with Crippen LogP contribution in [0.3, 0.4) is 0 Å². The van der Waals surface area contributed by atoms with Gasteiger partial charge < -0.3 is 4.74 Å². The fourth-order valence-corrected chi connectivity index (χ4v) is 1.46. The van der Waals surface area contributed by atoms with Crippen molar-refractivity contribution in [2.75, 3.05) is 0 Å². The predicted octanol–water partition coefficient (Wildman–Crippen LogP) is 3.33. The van der Waals surface area contributed by atoms with Crippen molar-refractivity contribution in [2.24, 2.45) is 0 Å². The third-order valence-corrected chi connectivity index (χ3v) is 2.25. The molecule has 0 saturated heterocycles. The zero-order valence-electron chi connectivity index (χ0n) is 9.05. The summed E-state index contributed by atoms with van der Waals surface area (Å²) in [4.78, 5) is 0. The lowest BCUT2D eigenvalue weighted by atomic mass is 10.1. The number of para-hydroxylation sites is 2. The number of hydrogen-bond acceptors (Lipinski definition) is 2. The Kier molecular flexibility index (Phi) is 3.10. The van der Waals surface area contributed by atoms with Gasteiger partial charge in [0.2, 0.25) is 0 Å². The van der Waals surface area contributed by atoms with Crippen molar-refractivity contribution in [1.29, 1.82) is 5.26 Å². The van der Waals surface area contributed by atoms with Crippen LogP contribution in [0.15, 0.2) is 48.5 Å². The van der Waals surface area contributed by atoms with Gasteiger partial charge in [0.15, 0.2) is 5.75 Å². The molecule has 2 nitrogen and oxygen atoms in total. The molecule has 0 aliphatic heterocycles. The van der Waals surface area contributed by atoms with Crippen LogP contribution in [0.1, 0.15) is 11.1 Å². The minimum absolute atomic E-state index is 0.434. The van der Waals surface area contributed by atoms with E-state index in [0.29, 0.717) is 22.6 Å². The van der Waals surface area contributed by atoms with E-state index in [1.165, 1.54) is 0 Å². The first kappa shape index (κ1) is 10.8. The molecule has 2 rings (SSSR count). The van der Waals surface area contributed by atoms with E-state index in [2.05, 4.69) is 12.0 Å². The van der Waals surface area contributed by atoms with E-state index in [1.54, 1.807) is 18.2 Å². The van der Waals surface area contributed by atoms with Crippen LogP contribution >= 0.6 is 0 Å². The molecule has 0 aliphatic carbocycles. The second-order valence-corrected chi connectivity index (χ2v) is 3.35. The Bertz CT molecular complexity index is 571. The van der Waals surface area contributed by atoms with Gasteiger partial charge in [0.1, 0.15) is 11.8 Å². The van der Waals surface area contributed by atoms with E-state index < -0.39 is 0 Å². The van der Waals surface area contributed by atoms with Gasteiger partial charge >= 0.3 is 0 Å². The van der Waals surface area contributed by atoms with Gasteiger partial charge in [-0.15, -0.1) is 6.42 Å². The van der Waals surface area contributed by atoms with Gasteiger partial charge in [0.05, 0.1) is 11.1 Å². The van der Waals surface area contributed by atoms with Crippen LogP contribution in [0.4, 0.5) is 0 Å². The van der Waals surface area contributed by atoms with Crippen molar-refractivity contribution < 1.29 is 4.74 Å². The summed E-state index contributed by atoms with van der Waals surface area (Å²) in [5.74, 6) is 3.61. The molecule has 17 heavy (non-hydrogen) atoms. The minimum Gasteiger partial charge on any atom is -0.455 e. The zero-order valence-corrected chi connectivity index (χ0v) is 9.05. The van der Waals surface area contributed by atoms with Gasteiger partial charge in [0, 0.05) is 0 Å². The Morgan fingerprint density at radius 2 is 1.65 bits per heavy atom. The van der Waals surface area contributed by atoms with Crippen molar-refractivity contribution in [3.63, 3.8) is 0 Å². The summed E-state index contributed by atoms with van der Waals surface area (Å²) in [5.41, 5.74) is 1.01. The monoisotopic (exact) mass is 219 g/mol. The van der Waals surface area contributed by atoms with Crippen LogP contribution in [0, 0.1) is 23.7 Å². The lowest BCUT2D eigenvalue weighted by Gasteiger charge is -2.09. The molecule has 80 valence electrons. The molecule has 0 aromatic heterocycles. The lowest BCUT2D eigenvalue weighted by molar-refractivity contribution is 0.479. The molecule has 0 N–H and O–H groups in total. The first-order valence-electron chi connectivity index (χ1n) is 5.08. The summed E-state index contributed by atoms with van der Waals surface area (Å²) in [6, 6.07) is 16.5. The largest absolute Gasteiger partial charge is 0.455 e. The van der Waals surface area contributed by atoms with E-state index in [-0.39, 0.29) is 0 Å². The number of hydrogen-bond donors (Lipinski definition) is 0. The van der Waals surface area contributed by atoms with Crippen molar-refractivity contribution >= 4 is 0 Å². The lowest BCUT2D eigenvalue weighted by Crippen LogP contribution is -1.91. The van der Waals surface area contributed by atoms with E-state index in [4.69, 9.17) is 16.4 Å². The van der Waals surface area contributed by atoms with Gasteiger partial charge in [-0.1, -0.05) is 30.2 Å². The van der Waals surface area contributed by atoms with Crippen molar-refractivity contribution in [3.05, 3.63) is 59.7 Å². The van der Waals surface area contributed by atoms with Gasteiger partial charge in [-0.25, -0.2) is 0 Å². The zero-order chi connectivity index (χ0) is 12.1. The Labute approximate surface area is 100 Å². The van der Waals surface area contributed by atoms with Crippen LogP contribution < -0.4 is 4.74 Å². The summed E-state index contributed by atoms with van der Waals surface area (Å²) >= 11 is 0. The third-order valence-electron chi connectivity index (χ3n) is 2.25. The van der Waals surface area contributed by atoms with E-state index in [9.17, 15) is 0 Å². The molecule has 0 spiro atoms. The maximum absolute atomic E-state index is 9.02. The van der Waals surface area contributed by atoms with Crippen LogP contribution in [0.25, 0.3) is 0 Å². The van der Waals surface area contributed by atoms with Crippen LogP contribution in [-0.2, 0) is 0 Å². The Morgan fingerprint density at radius 1 is 0.941 bits per heavy atom. The number of terminal acetylenes is 1. The number of nitriles is 1. The maximum Gasteiger partial charge on any atom is 0.160 e. The molecule has 2 heteroatoms. The van der Waals surface area contributed by atoms with Crippen molar-refractivity contribution in [2.45, 2.75) is 0 Å². The Hall–Kier alpha value is -2.71. The molecule has 0 bridgehead atoms. The molecule has 0 unspecified atom stereocenters.